The van der Waals surface area contributed by atoms with Crippen LogP contribution in [0.4, 0.5) is 10.5 Å². The average Bonchev–Trinajstić information content (AvgIpc) is 2.85. The van der Waals surface area contributed by atoms with E-state index in [-0.39, 0.29) is 11.4 Å². The molecule has 0 spiro atoms. The zero-order chi connectivity index (χ0) is 17.8. The van der Waals surface area contributed by atoms with Crippen LogP contribution in [-0.4, -0.2) is 33.5 Å². The van der Waals surface area contributed by atoms with Crippen LogP contribution in [0.25, 0.3) is 6.08 Å². The molecule has 1 fully saturated rings. The summed E-state index contributed by atoms with van der Waals surface area (Å²) in [7, 11) is 0. The predicted octanol–water partition coefficient (Wildman–Crippen LogP) is 3.41. The van der Waals surface area contributed by atoms with Gasteiger partial charge in [0.15, 0.2) is 0 Å². The molecule has 1 aliphatic heterocycles. The van der Waals surface area contributed by atoms with Crippen molar-refractivity contribution in [3.05, 3.63) is 64.3 Å². The van der Waals surface area contributed by atoms with Crippen molar-refractivity contribution in [2.24, 2.45) is 0 Å². The lowest BCUT2D eigenvalue weighted by molar-refractivity contribution is -0.127. The number of anilines is 1. The standard InChI is InChI=1S/C17H12ClN3O3S/c18-12-5-3-11(4-6-12)8-14-16(23)21(17(24)25-14)10-15(22)20-13-2-1-7-19-9-13/h1-9H,10H2,(H,20,22)/b14-8-. The minimum Gasteiger partial charge on any atom is -0.323 e. The first-order valence-corrected chi connectivity index (χ1v) is 8.43. The van der Waals surface area contributed by atoms with Crippen molar-refractivity contribution in [3.8, 4) is 0 Å². The number of hydrogen-bond donors (Lipinski definition) is 1. The Kier molecular flexibility index (Phi) is 5.16. The summed E-state index contributed by atoms with van der Waals surface area (Å²) in [4.78, 5) is 41.5. The number of aromatic nitrogens is 1. The van der Waals surface area contributed by atoms with Gasteiger partial charge in [0.25, 0.3) is 11.1 Å². The molecule has 1 aromatic heterocycles. The number of amides is 3. The molecule has 0 aliphatic carbocycles. The summed E-state index contributed by atoms with van der Waals surface area (Å²) in [5.41, 5.74) is 1.24. The maximum Gasteiger partial charge on any atom is 0.294 e. The first-order chi connectivity index (χ1) is 12.0. The third-order valence-electron chi connectivity index (χ3n) is 3.29. The third kappa shape index (κ3) is 4.26. The number of nitrogens with one attached hydrogen (secondary N) is 1. The number of carbonyl (C=O) groups is 3. The van der Waals surface area contributed by atoms with Crippen LogP contribution in [-0.2, 0) is 9.59 Å². The number of benzene rings is 1. The monoisotopic (exact) mass is 373 g/mol. The molecule has 6 nitrogen and oxygen atoms in total. The van der Waals surface area contributed by atoms with Gasteiger partial charge in [0, 0.05) is 11.2 Å². The van der Waals surface area contributed by atoms with Gasteiger partial charge in [-0.25, -0.2) is 0 Å². The fourth-order valence-electron chi connectivity index (χ4n) is 2.13. The minimum absolute atomic E-state index is 0.265. The summed E-state index contributed by atoms with van der Waals surface area (Å²) in [6.07, 6.45) is 4.65. The zero-order valence-electron chi connectivity index (χ0n) is 12.8. The number of halogens is 1. The van der Waals surface area contributed by atoms with Crippen molar-refractivity contribution in [2.75, 3.05) is 11.9 Å². The smallest absolute Gasteiger partial charge is 0.294 e. The molecule has 0 unspecified atom stereocenters. The highest BCUT2D eigenvalue weighted by molar-refractivity contribution is 8.18. The number of nitrogens with zero attached hydrogens (tertiary/aromatic N) is 2. The lowest BCUT2D eigenvalue weighted by Crippen LogP contribution is -2.36. The number of thioether (sulfide) groups is 1. The molecule has 0 atom stereocenters. The maximum absolute atomic E-state index is 12.4. The second kappa shape index (κ2) is 7.50. The average molecular weight is 374 g/mol. The fourth-order valence-corrected chi connectivity index (χ4v) is 3.09. The SMILES string of the molecule is O=C(CN1C(=O)S/C(=C\c2ccc(Cl)cc2)C1=O)Nc1cccnc1. The quantitative estimate of drug-likeness (QED) is 0.831. The molecule has 1 saturated heterocycles. The van der Waals surface area contributed by atoms with Crippen LogP contribution in [0.2, 0.25) is 5.02 Å². The molecule has 1 aromatic carbocycles. The van der Waals surface area contributed by atoms with E-state index in [0.717, 1.165) is 22.2 Å². The van der Waals surface area contributed by atoms with Gasteiger partial charge < -0.3 is 5.32 Å². The normalized spacial score (nSPS) is 15.7. The van der Waals surface area contributed by atoms with Gasteiger partial charge in [0.1, 0.15) is 6.54 Å². The molecule has 25 heavy (non-hydrogen) atoms. The van der Waals surface area contributed by atoms with Gasteiger partial charge in [-0.15, -0.1) is 0 Å². The Morgan fingerprint density at radius 1 is 1.24 bits per heavy atom. The van der Waals surface area contributed by atoms with Gasteiger partial charge in [-0.2, -0.15) is 0 Å². The Balaban J connectivity index is 1.69. The number of rotatable bonds is 4. The van der Waals surface area contributed by atoms with Gasteiger partial charge >= 0.3 is 0 Å². The van der Waals surface area contributed by atoms with Crippen LogP contribution in [0, 0.1) is 0 Å². The fraction of sp³-hybridized carbons (Fsp3) is 0.0588. The Morgan fingerprint density at radius 3 is 2.68 bits per heavy atom. The van der Waals surface area contributed by atoms with Crippen molar-refractivity contribution in [3.63, 3.8) is 0 Å². The Hall–Kier alpha value is -2.64. The van der Waals surface area contributed by atoms with Gasteiger partial charge in [-0.1, -0.05) is 23.7 Å². The van der Waals surface area contributed by atoms with E-state index < -0.39 is 17.1 Å². The number of carbonyl (C=O) groups excluding carboxylic acids is 3. The summed E-state index contributed by atoms with van der Waals surface area (Å²) >= 11 is 6.63. The van der Waals surface area contributed by atoms with E-state index >= 15 is 0 Å². The van der Waals surface area contributed by atoms with Crippen LogP contribution in [0.3, 0.4) is 0 Å². The number of imide groups is 1. The molecule has 0 bridgehead atoms. The number of hydrogen-bond acceptors (Lipinski definition) is 5. The minimum atomic E-state index is -0.494. The molecule has 3 amide bonds. The Bertz CT molecular complexity index is 853. The van der Waals surface area contributed by atoms with Crippen LogP contribution in [0.15, 0.2) is 53.7 Å². The maximum atomic E-state index is 12.4. The van der Waals surface area contributed by atoms with Crippen molar-refractivity contribution >= 4 is 52.2 Å². The van der Waals surface area contributed by atoms with Gasteiger partial charge in [-0.3, -0.25) is 24.3 Å². The first-order valence-electron chi connectivity index (χ1n) is 7.24. The summed E-state index contributed by atoms with van der Waals surface area (Å²) in [5.74, 6) is -0.964. The van der Waals surface area contributed by atoms with Crippen molar-refractivity contribution in [1.82, 2.24) is 9.88 Å². The second-order valence-corrected chi connectivity index (χ2v) is 6.54. The van der Waals surface area contributed by atoms with Crippen LogP contribution in [0.5, 0.6) is 0 Å². The molecule has 1 aliphatic rings. The highest BCUT2D eigenvalue weighted by Gasteiger charge is 2.36. The largest absolute Gasteiger partial charge is 0.323 e. The van der Waals surface area contributed by atoms with E-state index in [1.165, 1.54) is 6.20 Å². The second-order valence-electron chi connectivity index (χ2n) is 5.11. The molecule has 2 aromatic rings. The van der Waals surface area contributed by atoms with E-state index in [2.05, 4.69) is 10.3 Å². The molecule has 1 N–H and O–H groups in total. The van der Waals surface area contributed by atoms with E-state index in [4.69, 9.17) is 11.6 Å². The molecule has 126 valence electrons. The molecule has 3 rings (SSSR count). The lowest BCUT2D eigenvalue weighted by Gasteiger charge is -2.12. The van der Waals surface area contributed by atoms with Crippen LogP contribution < -0.4 is 5.32 Å². The lowest BCUT2D eigenvalue weighted by atomic mass is 10.2. The highest BCUT2D eigenvalue weighted by atomic mass is 35.5. The topological polar surface area (TPSA) is 79.4 Å². The van der Waals surface area contributed by atoms with Gasteiger partial charge in [0.2, 0.25) is 5.91 Å². The Labute approximate surface area is 152 Å². The number of pyridine rings is 1. The molecule has 2 heterocycles. The van der Waals surface area contributed by atoms with E-state index in [9.17, 15) is 14.4 Å². The zero-order valence-corrected chi connectivity index (χ0v) is 14.4. The van der Waals surface area contributed by atoms with Crippen molar-refractivity contribution in [1.29, 1.82) is 0 Å². The molecule has 8 heteroatoms. The summed E-state index contributed by atoms with van der Waals surface area (Å²) in [6.45, 7) is -0.350. The van der Waals surface area contributed by atoms with E-state index in [1.807, 2.05) is 0 Å². The highest BCUT2D eigenvalue weighted by Crippen LogP contribution is 2.32. The van der Waals surface area contributed by atoms with Crippen molar-refractivity contribution in [2.45, 2.75) is 0 Å². The van der Waals surface area contributed by atoms with Crippen molar-refractivity contribution < 1.29 is 14.4 Å². The first kappa shape index (κ1) is 17.2. The van der Waals surface area contributed by atoms with Gasteiger partial charge in [0.05, 0.1) is 16.8 Å². The molecule has 0 saturated carbocycles. The van der Waals surface area contributed by atoms with E-state index in [1.54, 1.807) is 48.7 Å². The molecular weight excluding hydrogens is 362 g/mol. The van der Waals surface area contributed by atoms with E-state index in [0.29, 0.717) is 10.7 Å². The van der Waals surface area contributed by atoms with Crippen LogP contribution in [0.1, 0.15) is 5.56 Å². The Morgan fingerprint density at radius 2 is 2.00 bits per heavy atom. The molecular formula is C17H12ClN3O3S. The van der Waals surface area contributed by atoms with Gasteiger partial charge in [-0.05, 0) is 47.7 Å². The predicted molar refractivity (Wildman–Crippen MR) is 97.0 cm³/mol. The summed E-state index contributed by atoms with van der Waals surface area (Å²) in [6, 6.07) is 10.2. The molecule has 0 radical (unpaired) electrons. The third-order valence-corrected chi connectivity index (χ3v) is 4.45. The van der Waals surface area contributed by atoms with Crippen LogP contribution >= 0.6 is 23.4 Å². The summed E-state index contributed by atoms with van der Waals surface area (Å²) < 4.78 is 0. The summed E-state index contributed by atoms with van der Waals surface area (Å²) in [5, 5.41) is 2.69.